The molecule has 2 aromatic heterocycles. The Morgan fingerprint density at radius 2 is 1.21 bits per heavy atom. The first kappa shape index (κ1) is 63.7. The van der Waals surface area contributed by atoms with E-state index >= 15 is 0 Å². The molecular formula is C57H103BrN6O5Si4. The van der Waals surface area contributed by atoms with Crippen LogP contribution in [-0.4, -0.2) is 96.3 Å². The summed E-state index contributed by atoms with van der Waals surface area (Å²) in [6.07, 6.45) is 9.04. The second kappa shape index (κ2) is 25.7. The molecule has 16 heteroatoms. The number of nitrogens with zero attached hydrogens (tertiary/aromatic N) is 4. The van der Waals surface area contributed by atoms with Crippen LogP contribution in [0.5, 0.6) is 0 Å². The third-order valence-electron chi connectivity index (χ3n) is 17.8. The molecule has 1 aromatic carbocycles. The monoisotopic (exact) mass is 1140 g/mol. The van der Waals surface area contributed by atoms with Crippen molar-refractivity contribution in [3.63, 3.8) is 0 Å². The van der Waals surface area contributed by atoms with E-state index < -0.39 is 33.3 Å². The van der Waals surface area contributed by atoms with Crippen molar-refractivity contribution >= 4 is 60.8 Å². The number of anilines is 1. The van der Waals surface area contributed by atoms with Gasteiger partial charge in [0.25, 0.3) is 0 Å². The predicted octanol–water partition coefficient (Wildman–Crippen LogP) is 15.8. The summed E-state index contributed by atoms with van der Waals surface area (Å²) in [7, 11) is -7.69. The van der Waals surface area contributed by atoms with E-state index in [1.54, 1.807) is 16.9 Å². The highest BCUT2D eigenvalue weighted by Gasteiger charge is 2.52. The molecule has 2 saturated carbocycles. The van der Waals surface area contributed by atoms with Crippen molar-refractivity contribution in [1.29, 1.82) is 0 Å². The zero-order valence-corrected chi connectivity index (χ0v) is 55.4. The summed E-state index contributed by atoms with van der Waals surface area (Å²) in [5, 5.41) is 8.64. The van der Waals surface area contributed by atoms with Crippen molar-refractivity contribution in [1.82, 2.24) is 19.7 Å². The predicted molar refractivity (Wildman–Crippen MR) is 320 cm³/mol. The molecule has 2 aliphatic rings. The van der Waals surface area contributed by atoms with Crippen LogP contribution in [0.15, 0.2) is 53.5 Å². The van der Waals surface area contributed by atoms with E-state index in [4.69, 9.17) is 23.4 Å². The van der Waals surface area contributed by atoms with Gasteiger partial charge in [-0.15, -0.1) is 0 Å². The fraction of sp³-hybridized carbons (Fsp3) is 0.754. The van der Waals surface area contributed by atoms with Gasteiger partial charge in [-0.1, -0.05) is 153 Å². The van der Waals surface area contributed by atoms with Gasteiger partial charge in [-0.3, -0.25) is 9.48 Å². The molecule has 3 N–H and O–H groups in total. The van der Waals surface area contributed by atoms with Crippen LogP contribution in [0.4, 0.5) is 5.82 Å². The Balaban J connectivity index is 0.000000376. The van der Waals surface area contributed by atoms with Crippen molar-refractivity contribution in [3.8, 4) is 0 Å². The van der Waals surface area contributed by atoms with Gasteiger partial charge in [-0.25, -0.2) is 9.97 Å². The maximum atomic E-state index is 13.8. The van der Waals surface area contributed by atoms with Gasteiger partial charge >= 0.3 is 0 Å². The SMILES string of the molecule is CC(C)[Si](O[C@H]1C[C@H](N)C[C@@H]1CO[Si](C)(C)C(C)(C)C)(C(C)C)C(C)C.CC(C)[Si](O[C@H]1C[C@H](Nc2ncncc2C(=O)c2ccn(Cc3cccc(Br)c3)n2)C[C@@H]1CO[Si](C)(C)C(C)(C)C)(C(C)C)C(C)C. The minimum atomic E-state index is -2.13. The molecule has 0 bridgehead atoms. The Labute approximate surface area is 457 Å². The van der Waals surface area contributed by atoms with Crippen molar-refractivity contribution in [2.24, 2.45) is 17.6 Å². The highest BCUT2D eigenvalue weighted by Crippen LogP contribution is 2.48. The second-order valence-electron chi connectivity index (χ2n) is 26.8. The maximum absolute atomic E-state index is 13.8. The number of benzene rings is 1. The number of hydrogen-bond donors (Lipinski definition) is 2. The van der Waals surface area contributed by atoms with Gasteiger partial charge in [0.05, 0.1) is 24.3 Å². The number of carbonyl (C=O) groups is 1. The fourth-order valence-electron chi connectivity index (χ4n) is 11.7. The molecule has 2 heterocycles. The number of ketones is 1. The molecule has 414 valence electrons. The van der Waals surface area contributed by atoms with Gasteiger partial charge in [0.15, 0.2) is 16.6 Å². The number of carbonyl (C=O) groups excluding carboxylic acids is 1. The van der Waals surface area contributed by atoms with Gasteiger partial charge in [0, 0.05) is 54.0 Å². The molecule has 6 atom stereocenters. The molecule has 0 unspecified atom stereocenters. The van der Waals surface area contributed by atoms with Crippen LogP contribution in [0.2, 0.25) is 69.5 Å². The van der Waals surface area contributed by atoms with Crippen LogP contribution in [-0.2, 0) is 24.2 Å². The summed E-state index contributed by atoms with van der Waals surface area (Å²) in [6.45, 7) is 53.4. The summed E-state index contributed by atoms with van der Waals surface area (Å²) >= 11 is 3.53. The zero-order valence-electron chi connectivity index (χ0n) is 49.8. The quantitative estimate of drug-likeness (QED) is 0.0739. The molecule has 0 amide bonds. The van der Waals surface area contributed by atoms with E-state index in [2.05, 4.69) is 193 Å². The molecule has 2 aliphatic carbocycles. The van der Waals surface area contributed by atoms with Crippen molar-refractivity contribution in [3.05, 3.63) is 70.3 Å². The lowest BCUT2D eigenvalue weighted by Crippen LogP contribution is -2.51. The van der Waals surface area contributed by atoms with E-state index in [0.717, 1.165) is 42.3 Å². The third-order valence-corrected chi connectivity index (χ3v) is 39.5. The van der Waals surface area contributed by atoms with Crippen LogP contribution in [0.3, 0.4) is 0 Å². The molecule has 3 aromatic rings. The highest BCUT2D eigenvalue weighted by molar-refractivity contribution is 9.10. The standard InChI is InChI=1S/C36H56BrN5O3Si2.C21H47NO2Si2/c1-24(2)47(25(3)4,26(5)6)45-33-19-30(18-28(33)22-44-46(10,11)36(7,8)9)40-35-31(20-38-23-39-35)34(43)32-15-16-42(41-32)21-27-13-12-14-29(37)17-27;1-15(2)26(16(3)4,17(5)6)24-20-13-19(22)12-18(20)14-23-25(10,11)21(7,8)9/h12-17,20,23-26,28,30,33H,18-19,21-22H2,1-11H3,(H,38,39,40);15-20H,12-14,22H2,1-11H3/t28-,30-,33+;18-,19-,20+/m11/s1. The van der Waals surface area contributed by atoms with Crippen molar-refractivity contribution in [2.45, 2.75) is 251 Å². The zero-order chi connectivity index (χ0) is 55.2. The van der Waals surface area contributed by atoms with Gasteiger partial charge < -0.3 is 28.8 Å². The lowest BCUT2D eigenvalue weighted by Gasteiger charge is -2.45. The minimum Gasteiger partial charge on any atom is -0.416 e. The molecular weight excluding hydrogens is 1040 g/mol. The molecule has 5 rings (SSSR count). The van der Waals surface area contributed by atoms with Crippen LogP contribution in [0.1, 0.15) is 172 Å². The Hall–Kier alpha value is -1.87. The van der Waals surface area contributed by atoms with E-state index in [1.807, 2.05) is 24.4 Å². The number of nitrogens with one attached hydrogen (secondary N) is 1. The molecule has 0 spiro atoms. The second-order valence-corrected chi connectivity index (χ2v) is 48.1. The summed E-state index contributed by atoms with van der Waals surface area (Å²) in [4.78, 5) is 22.6. The summed E-state index contributed by atoms with van der Waals surface area (Å²) < 4.78 is 30.7. The molecule has 2 fully saturated rings. The summed E-state index contributed by atoms with van der Waals surface area (Å²) in [5.74, 6) is 1.04. The van der Waals surface area contributed by atoms with Crippen LogP contribution < -0.4 is 11.1 Å². The average Bonchev–Trinajstić information content (AvgIpc) is 3.99. The van der Waals surface area contributed by atoms with Crippen molar-refractivity contribution in [2.75, 3.05) is 18.5 Å². The highest BCUT2D eigenvalue weighted by atomic mass is 79.9. The number of nitrogens with two attached hydrogens (primary N) is 1. The number of aromatic nitrogens is 4. The third kappa shape index (κ3) is 15.7. The Morgan fingerprint density at radius 3 is 1.67 bits per heavy atom. The number of hydrogen-bond acceptors (Lipinski definition) is 10. The van der Waals surface area contributed by atoms with Crippen LogP contribution in [0.25, 0.3) is 0 Å². The first-order valence-electron chi connectivity index (χ1n) is 27.9. The number of halogens is 1. The van der Waals surface area contributed by atoms with Gasteiger partial charge in [0.2, 0.25) is 22.4 Å². The maximum Gasteiger partial charge on any atom is 0.218 e. The average molecular weight is 1140 g/mol. The Morgan fingerprint density at radius 1 is 0.726 bits per heavy atom. The first-order valence-corrected chi connectivity index (χ1v) is 38.8. The normalized spacial score (nSPS) is 21.6. The minimum absolute atomic E-state index is 0.0749. The van der Waals surface area contributed by atoms with E-state index in [1.165, 1.54) is 6.33 Å². The van der Waals surface area contributed by atoms with E-state index in [-0.39, 0.29) is 46.1 Å². The van der Waals surface area contributed by atoms with Crippen LogP contribution in [0, 0.1) is 11.8 Å². The van der Waals surface area contributed by atoms with E-state index in [9.17, 15) is 4.79 Å². The van der Waals surface area contributed by atoms with Crippen molar-refractivity contribution < 1.29 is 22.5 Å². The first-order chi connectivity index (χ1) is 33.6. The molecule has 0 aliphatic heterocycles. The lowest BCUT2D eigenvalue weighted by atomic mass is 10.1. The number of rotatable bonds is 22. The summed E-state index contributed by atoms with van der Waals surface area (Å²) in [6, 6.07) is 10.2. The largest absolute Gasteiger partial charge is 0.416 e. The Kier molecular flexibility index (Phi) is 22.4. The van der Waals surface area contributed by atoms with Gasteiger partial charge in [-0.2, -0.15) is 5.10 Å². The van der Waals surface area contributed by atoms with Gasteiger partial charge in [-0.05, 0) is 119 Å². The molecule has 0 radical (unpaired) electrons. The topological polar surface area (TPSA) is 136 Å². The Bertz CT molecular complexity index is 2160. The van der Waals surface area contributed by atoms with Crippen LogP contribution >= 0.6 is 15.9 Å². The smallest absolute Gasteiger partial charge is 0.218 e. The summed E-state index contributed by atoms with van der Waals surface area (Å²) in [5.41, 5.74) is 11.6. The lowest BCUT2D eigenvalue weighted by molar-refractivity contribution is 0.0968. The molecule has 0 saturated heterocycles. The molecule has 11 nitrogen and oxygen atoms in total. The molecule has 73 heavy (non-hydrogen) atoms. The van der Waals surface area contributed by atoms with Gasteiger partial charge in [0.1, 0.15) is 17.8 Å². The fourth-order valence-corrected chi connectivity index (χ4v) is 25.5. The van der Waals surface area contributed by atoms with E-state index in [0.29, 0.717) is 69.4 Å².